The normalized spacial score (nSPS) is 10.9. The standard InChI is InChI=1S/C16H28N2O/c1-4-6-10-18(11-7-5-2)13-14-12-15(17)8-9-16(14)19-3/h8-9,12H,4-7,10-11,13,17H2,1-3H3. The van der Waals surface area contributed by atoms with Crippen LogP contribution in [0.15, 0.2) is 18.2 Å². The molecular weight excluding hydrogens is 236 g/mol. The summed E-state index contributed by atoms with van der Waals surface area (Å²) < 4.78 is 5.43. The molecule has 0 spiro atoms. The van der Waals surface area contributed by atoms with Crippen LogP contribution in [0.25, 0.3) is 0 Å². The minimum Gasteiger partial charge on any atom is -0.496 e. The number of hydrogen-bond donors (Lipinski definition) is 1. The molecule has 0 unspecified atom stereocenters. The molecule has 1 rings (SSSR count). The van der Waals surface area contributed by atoms with Crippen molar-refractivity contribution in [1.82, 2.24) is 4.90 Å². The largest absolute Gasteiger partial charge is 0.496 e. The first-order chi connectivity index (χ1) is 9.21. The minimum absolute atomic E-state index is 0.807. The van der Waals surface area contributed by atoms with Gasteiger partial charge in [0.15, 0.2) is 0 Å². The Morgan fingerprint density at radius 1 is 1.11 bits per heavy atom. The van der Waals surface area contributed by atoms with Crippen LogP contribution in [0.1, 0.15) is 45.1 Å². The van der Waals surface area contributed by atoms with Crippen molar-refractivity contribution in [1.29, 1.82) is 0 Å². The zero-order valence-corrected chi connectivity index (χ0v) is 12.6. The highest BCUT2D eigenvalue weighted by molar-refractivity contribution is 5.47. The van der Waals surface area contributed by atoms with Gasteiger partial charge in [0.2, 0.25) is 0 Å². The third-order valence-corrected chi connectivity index (χ3v) is 3.35. The van der Waals surface area contributed by atoms with Crippen LogP contribution in [0, 0.1) is 0 Å². The summed E-state index contributed by atoms with van der Waals surface area (Å²) in [6, 6.07) is 5.89. The number of hydrogen-bond acceptors (Lipinski definition) is 3. The number of nitrogens with zero attached hydrogens (tertiary/aromatic N) is 1. The van der Waals surface area contributed by atoms with Crippen molar-refractivity contribution in [3.63, 3.8) is 0 Å². The Bertz CT molecular complexity index is 358. The van der Waals surface area contributed by atoms with Gasteiger partial charge in [-0.15, -0.1) is 0 Å². The lowest BCUT2D eigenvalue weighted by molar-refractivity contribution is 0.253. The van der Waals surface area contributed by atoms with E-state index in [-0.39, 0.29) is 0 Å². The molecule has 3 nitrogen and oxygen atoms in total. The first-order valence-electron chi connectivity index (χ1n) is 7.36. The van der Waals surface area contributed by atoms with Crippen molar-refractivity contribution in [3.05, 3.63) is 23.8 Å². The highest BCUT2D eigenvalue weighted by atomic mass is 16.5. The van der Waals surface area contributed by atoms with Crippen LogP contribution in [-0.2, 0) is 6.54 Å². The third-order valence-electron chi connectivity index (χ3n) is 3.35. The van der Waals surface area contributed by atoms with E-state index < -0.39 is 0 Å². The molecule has 0 fully saturated rings. The predicted molar refractivity (Wildman–Crippen MR) is 82.5 cm³/mol. The van der Waals surface area contributed by atoms with Crippen molar-refractivity contribution < 1.29 is 4.74 Å². The molecule has 0 aliphatic rings. The lowest BCUT2D eigenvalue weighted by Crippen LogP contribution is -2.25. The third kappa shape index (κ3) is 5.52. The number of ether oxygens (including phenoxy) is 1. The van der Waals surface area contributed by atoms with Gasteiger partial charge in [-0.3, -0.25) is 4.90 Å². The molecule has 0 heterocycles. The van der Waals surface area contributed by atoms with Crippen LogP contribution in [0.5, 0.6) is 5.75 Å². The van der Waals surface area contributed by atoms with Crippen LogP contribution in [0.4, 0.5) is 5.69 Å². The van der Waals surface area contributed by atoms with E-state index in [0.717, 1.165) is 31.1 Å². The van der Waals surface area contributed by atoms with Crippen LogP contribution >= 0.6 is 0 Å². The fourth-order valence-electron chi connectivity index (χ4n) is 2.20. The molecule has 0 saturated carbocycles. The van der Waals surface area contributed by atoms with E-state index in [1.807, 2.05) is 18.2 Å². The molecule has 0 bridgehead atoms. The molecule has 0 radical (unpaired) electrons. The fraction of sp³-hybridized carbons (Fsp3) is 0.625. The summed E-state index contributed by atoms with van der Waals surface area (Å²) >= 11 is 0. The molecule has 0 aliphatic carbocycles. The van der Waals surface area contributed by atoms with Crippen molar-refractivity contribution in [2.45, 2.75) is 46.1 Å². The average molecular weight is 264 g/mol. The molecule has 0 atom stereocenters. The summed E-state index contributed by atoms with van der Waals surface area (Å²) in [5, 5.41) is 0. The van der Waals surface area contributed by atoms with Gasteiger partial charge >= 0.3 is 0 Å². The molecule has 0 amide bonds. The van der Waals surface area contributed by atoms with Gasteiger partial charge in [-0.2, -0.15) is 0 Å². The Morgan fingerprint density at radius 3 is 2.26 bits per heavy atom. The number of methoxy groups -OCH3 is 1. The summed E-state index contributed by atoms with van der Waals surface area (Å²) in [6.45, 7) is 7.69. The summed E-state index contributed by atoms with van der Waals surface area (Å²) in [7, 11) is 1.72. The monoisotopic (exact) mass is 264 g/mol. The Hall–Kier alpha value is -1.22. The molecular formula is C16H28N2O. The van der Waals surface area contributed by atoms with Gasteiger partial charge in [0.05, 0.1) is 7.11 Å². The van der Waals surface area contributed by atoms with E-state index in [1.54, 1.807) is 7.11 Å². The highest BCUT2D eigenvalue weighted by Crippen LogP contribution is 2.23. The number of anilines is 1. The van der Waals surface area contributed by atoms with Gasteiger partial charge in [-0.25, -0.2) is 0 Å². The molecule has 0 aliphatic heterocycles. The molecule has 1 aromatic carbocycles. The lowest BCUT2D eigenvalue weighted by atomic mass is 10.1. The highest BCUT2D eigenvalue weighted by Gasteiger charge is 2.09. The quantitative estimate of drug-likeness (QED) is 0.691. The molecule has 108 valence electrons. The number of benzene rings is 1. The molecule has 3 heteroatoms. The van der Waals surface area contributed by atoms with Crippen LogP contribution in [0.2, 0.25) is 0 Å². The maximum atomic E-state index is 5.88. The minimum atomic E-state index is 0.807. The van der Waals surface area contributed by atoms with Gasteiger partial charge < -0.3 is 10.5 Å². The summed E-state index contributed by atoms with van der Waals surface area (Å²) in [5.74, 6) is 0.937. The lowest BCUT2D eigenvalue weighted by Gasteiger charge is -2.23. The van der Waals surface area contributed by atoms with Crippen LogP contribution < -0.4 is 10.5 Å². The van der Waals surface area contributed by atoms with Crippen molar-refractivity contribution in [2.24, 2.45) is 0 Å². The van der Waals surface area contributed by atoms with Crippen molar-refractivity contribution in [3.8, 4) is 5.75 Å². The van der Waals surface area contributed by atoms with Crippen LogP contribution in [0.3, 0.4) is 0 Å². The second kappa shape index (κ2) is 8.81. The zero-order valence-electron chi connectivity index (χ0n) is 12.6. The Morgan fingerprint density at radius 2 is 1.74 bits per heavy atom. The second-order valence-corrected chi connectivity index (χ2v) is 5.05. The van der Waals surface area contributed by atoms with E-state index >= 15 is 0 Å². The number of nitrogen functional groups attached to an aromatic ring is 1. The second-order valence-electron chi connectivity index (χ2n) is 5.05. The average Bonchev–Trinajstić information content (AvgIpc) is 2.42. The van der Waals surface area contributed by atoms with Gasteiger partial charge in [0, 0.05) is 17.8 Å². The van der Waals surface area contributed by atoms with E-state index in [4.69, 9.17) is 10.5 Å². The SMILES string of the molecule is CCCCN(CCCC)Cc1cc(N)ccc1OC. The number of rotatable bonds is 9. The Balaban J connectivity index is 2.72. The van der Waals surface area contributed by atoms with Gasteiger partial charge in [0.25, 0.3) is 0 Å². The Kier molecular flexibility index (Phi) is 7.34. The van der Waals surface area contributed by atoms with Gasteiger partial charge in [0.1, 0.15) is 5.75 Å². The summed E-state index contributed by atoms with van der Waals surface area (Å²) in [6.07, 6.45) is 4.95. The molecule has 2 N–H and O–H groups in total. The first kappa shape index (κ1) is 15.8. The van der Waals surface area contributed by atoms with Crippen LogP contribution in [-0.4, -0.2) is 25.1 Å². The van der Waals surface area contributed by atoms with Crippen molar-refractivity contribution in [2.75, 3.05) is 25.9 Å². The predicted octanol–water partition coefficient (Wildman–Crippen LogP) is 3.68. The summed E-state index contributed by atoms with van der Waals surface area (Å²) in [5.41, 5.74) is 7.88. The molecule has 0 aromatic heterocycles. The zero-order chi connectivity index (χ0) is 14.1. The topological polar surface area (TPSA) is 38.5 Å². The van der Waals surface area contributed by atoms with Gasteiger partial charge in [-0.1, -0.05) is 26.7 Å². The molecule has 1 aromatic rings. The smallest absolute Gasteiger partial charge is 0.123 e. The van der Waals surface area contributed by atoms with E-state index in [1.165, 1.54) is 31.2 Å². The first-order valence-corrected chi connectivity index (χ1v) is 7.36. The number of unbranched alkanes of at least 4 members (excludes halogenated alkanes) is 2. The fourth-order valence-corrected chi connectivity index (χ4v) is 2.20. The maximum absolute atomic E-state index is 5.88. The van der Waals surface area contributed by atoms with Gasteiger partial charge in [-0.05, 0) is 44.1 Å². The number of nitrogens with two attached hydrogens (primary N) is 1. The van der Waals surface area contributed by atoms with E-state index in [9.17, 15) is 0 Å². The molecule has 19 heavy (non-hydrogen) atoms. The van der Waals surface area contributed by atoms with E-state index in [0.29, 0.717) is 0 Å². The maximum Gasteiger partial charge on any atom is 0.123 e. The summed E-state index contributed by atoms with van der Waals surface area (Å²) in [4.78, 5) is 2.50. The molecule has 0 saturated heterocycles. The Labute approximate surface area is 117 Å². The van der Waals surface area contributed by atoms with Crippen molar-refractivity contribution >= 4 is 5.69 Å². The van der Waals surface area contributed by atoms with E-state index in [2.05, 4.69) is 18.7 Å².